The van der Waals surface area contributed by atoms with E-state index in [0.717, 1.165) is 0 Å². The molecule has 2 rings (SSSR count). The monoisotopic (exact) mass is 296 g/mol. The number of hydrogen-bond donors (Lipinski definition) is 1. The average Bonchev–Trinajstić information content (AvgIpc) is 2.36. The lowest BCUT2D eigenvalue weighted by molar-refractivity contribution is -0.384. The van der Waals surface area contributed by atoms with Crippen LogP contribution in [-0.4, -0.2) is 35.9 Å². The molecule has 1 fully saturated rings. The maximum Gasteiger partial charge on any atom is 0.328 e. The first kappa shape index (κ1) is 14.2. The SMILES string of the molecule is N#Cc1ccnc(NC2CCCS(=O)(=O)C2)c1[N+](=O)[O-]. The molecular formula is C11H12N4O4S. The topological polar surface area (TPSA) is 126 Å². The van der Waals surface area contributed by atoms with E-state index in [1.807, 2.05) is 0 Å². The molecule has 1 aromatic heterocycles. The molecule has 1 atom stereocenters. The molecular weight excluding hydrogens is 284 g/mol. The fourth-order valence-corrected chi connectivity index (χ4v) is 3.80. The first-order valence-electron chi connectivity index (χ1n) is 5.93. The Bertz CT molecular complexity index is 680. The molecule has 9 heteroatoms. The number of nitriles is 1. The van der Waals surface area contributed by atoms with Crippen LogP contribution in [0.3, 0.4) is 0 Å². The van der Waals surface area contributed by atoms with Gasteiger partial charge in [0, 0.05) is 12.2 Å². The highest BCUT2D eigenvalue weighted by Gasteiger charge is 2.28. The smallest absolute Gasteiger partial charge is 0.328 e. The average molecular weight is 296 g/mol. The highest BCUT2D eigenvalue weighted by molar-refractivity contribution is 7.91. The van der Waals surface area contributed by atoms with Crippen LogP contribution in [0.2, 0.25) is 0 Å². The molecule has 2 heterocycles. The minimum atomic E-state index is -3.13. The summed E-state index contributed by atoms with van der Waals surface area (Å²) in [6.07, 6.45) is 2.38. The molecule has 8 nitrogen and oxygen atoms in total. The second-order valence-corrected chi connectivity index (χ2v) is 6.75. The van der Waals surface area contributed by atoms with Gasteiger partial charge in [0.15, 0.2) is 9.84 Å². The Morgan fingerprint density at radius 3 is 2.90 bits per heavy atom. The van der Waals surface area contributed by atoms with E-state index in [9.17, 15) is 18.5 Å². The van der Waals surface area contributed by atoms with Crippen molar-refractivity contribution < 1.29 is 13.3 Å². The Hall–Kier alpha value is -2.21. The fourth-order valence-electron chi connectivity index (χ4n) is 2.16. The number of pyridine rings is 1. The first-order valence-corrected chi connectivity index (χ1v) is 7.75. The van der Waals surface area contributed by atoms with E-state index >= 15 is 0 Å². The Labute approximate surface area is 115 Å². The van der Waals surface area contributed by atoms with Crippen LogP contribution in [0.15, 0.2) is 12.3 Å². The minimum absolute atomic E-state index is 0.0591. The second-order valence-electron chi connectivity index (χ2n) is 4.52. The Morgan fingerprint density at radius 1 is 1.55 bits per heavy atom. The lowest BCUT2D eigenvalue weighted by Crippen LogP contribution is -2.35. The molecule has 1 aromatic rings. The number of nitrogens with zero attached hydrogens (tertiary/aromatic N) is 3. The Balaban J connectivity index is 2.30. The van der Waals surface area contributed by atoms with Gasteiger partial charge in [0.2, 0.25) is 5.82 Å². The van der Waals surface area contributed by atoms with Crippen LogP contribution >= 0.6 is 0 Å². The summed E-state index contributed by atoms with van der Waals surface area (Å²) in [5.74, 6) is -0.00202. The van der Waals surface area contributed by atoms with Gasteiger partial charge < -0.3 is 5.32 Å². The molecule has 0 spiro atoms. The number of nitrogens with one attached hydrogen (secondary N) is 1. The zero-order valence-corrected chi connectivity index (χ0v) is 11.3. The van der Waals surface area contributed by atoms with Crippen LogP contribution in [0.25, 0.3) is 0 Å². The van der Waals surface area contributed by atoms with Crippen molar-refractivity contribution in [1.82, 2.24) is 4.98 Å². The third kappa shape index (κ3) is 3.03. The van der Waals surface area contributed by atoms with Crippen LogP contribution in [0, 0.1) is 21.4 Å². The van der Waals surface area contributed by atoms with E-state index in [0.29, 0.717) is 12.8 Å². The molecule has 1 aliphatic rings. The van der Waals surface area contributed by atoms with Crippen molar-refractivity contribution in [3.8, 4) is 6.07 Å². The number of sulfone groups is 1. The number of anilines is 1. The van der Waals surface area contributed by atoms with Crippen molar-refractivity contribution in [3.63, 3.8) is 0 Å². The van der Waals surface area contributed by atoms with Crippen molar-refractivity contribution in [2.45, 2.75) is 18.9 Å². The zero-order chi connectivity index (χ0) is 14.8. The summed E-state index contributed by atoms with van der Waals surface area (Å²) in [6.45, 7) is 0. The van der Waals surface area contributed by atoms with Crippen molar-refractivity contribution in [3.05, 3.63) is 27.9 Å². The van der Waals surface area contributed by atoms with Crippen molar-refractivity contribution >= 4 is 21.3 Å². The highest BCUT2D eigenvalue weighted by atomic mass is 32.2. The van der Waals surface area contributed by atoms with E-state index in [-0.39, 0.29) is 22.9 Å². The number of rotatable bonds is 3. The van der Waals surface area contributed by atoms with Gasteiger partial charge in [-0.3, -0.25) is 10.1 Å². The molecule has 0 radical (unpaired) electrons. The summed E-state index contributed by atoms with van der Waals surface area (Å²) in [6, 6.07) is 2.56. The zero-order valence-electron chi connectivity index (χ0n) is 10.4. The van der Waals surface area contributed by atoms with Gasteiger partial charge in [-0.1, -0.05) is 0 Å². The molecule has 106 valence electrons. The summed E-state index contributed by atoms with van der Waals surface area (Å²) in [4.78, 5) is 14.2. The quantitative estimate of drug-likeness (QED) is 0.647. The molecule has 0 saturated carbocycles. The molecule has 1 saturated heterocycles. The van der Waals surface area contributed by atoms with E-state index in [4.69, 9.17) is 5.26 Å². The van der Waals surface area contributed by atoms with Crippen molar-refractivity contribution in [2.24, 2.45) is 0 Å². The molecule has 0 bridgehead atoms. The van der Waals surface area contributed by atoms with Crippen LogP contribution in [0.5, 0.6) is 0 Å². The highest BCUT2D eigenvalue weighted by Crippen LogP contribution is 2.27. The number of hydrogen-bond acceptors (Lipinski definition) is 7. The molecule has 1 aliphatic heterocycles. The lowest BCUT2D eigenvalue weighted by Gasteiger charge is -2.23. The van der Waals surface area contributed by atoms with Crippen LogP contribution < -0.4 is 5.32 Å². The van der Waals surface area contributed by atoms with Gasteiger partial charge in [-0.25, -0.2) is 13.4 Å². The largest absolute Gasteiger partial charge is 0.361 e. The first-order chi connectivity index (χ1) is 9.43. The minimum Gasteiger partial charge on any atom is -0.361 e. The van der Waals surface area contributed by atoms with Crippen LogP contribution in [0.4, 0.5) is 11.5 Å². The van der Waals surface area contributed by atoms with E-state index in [1.54, 1.807) is 6.07 Å². The maximum atomic E-state index is 11.5. The van der Waals surface area contributed by atoms with Gasteiger partial charge in [0.1, 0.15) is 11.6 Å². The predicted molar refractivity (Wildman–Crippen MR) is 70.9 cm³/mol. The Morgan fingerprint density at radius 2 is 2.30 bits per heavy atom. The summed E-state index contributed by atoms with van der Waals surface area (Å²) < 4.78 is 23.1. The lowest BCUT2D eigenvalue weighted by atomic mass is 10.1. The summed E-state index contributed by atoms with van der Waals surface area (Å²) in [7, 11) is -3.13. The van der Waals surface area contributed by atoms with E-state index in [1.165, 1.54) is 12.3 Å². The van der Waals surface area contributed by atoms with Gasteiger partial charge >= 0.3 is 5.69 Å². The van der Waals surface area contributed by atoms with Gasteiger partial charge in [-0.05, 0) is 18.9 Å². The number of nitro groups is 1. The van der Waals surface area contributed by atoms with E-state index in [2.05, 4.69) is 10.3 Å². The van der Waals surface area contributed by atoms with Gasteiger partial charge in [0.05, 0.1) is 16.4 Å². The third-order valence-electron chi connectivity index (χ3n) is 3.03. The fraction of sp³-hybridized carbons (Fsp3) is 0.455. The maximum absolute atomic E-state index is 11.5. The summed E-state index contributed by atoms with van der Waals surface area (Å²) >= 11 is 0. The third-order valence-corrected chi connectivity index (χ3v) is 4.85. The van der Waals surface area contributed by atoms with Gasteiger partial charge in [-0.15, -0.1) is 0 Å². The summed E-state index contributed by atoms with van der Waals surface area (Å²) in [5, 5.41) is 22.7. The molecule has 0 amide bonds. The van der Waals surface area contributed by atoms with Crippen LogP contribution in [-0.2, 0) is 9.84 Å². The molecule has 1 unspecified atom stereocenters. The molecule has 1 N–H and O–H groups in total. The summed E-state index contributed by atoms with van der Waals surface area (Å²) in [5.41, 5.74) is -0.524. The Kier molecular flexibility index (Phi) is 3.85. The van der Waals surface area contributed by atoms with E-state index < -0.39 is 26.5 Å². The van der Waals surface area contributed by atoms with Gasteiger partial charge in [-0.2, -0.15) is 5.26 Å². The van der Waals surface area contributed by atoms with Crippen LogP contribution in [0.1, 0.15) is 18.4 Å². The number of aromatic nitrogens is 1. The second kappa shape index (κ2) is 5.42. The molecule has 20 heavy (non-hydrogen) atoms. The normalized spacial score (nSPS) is 20.9. The predicted octanol–water partition coefficient (Wildman–Crippen LogP) is 0.851. The molecule has 0 aromatic carbocycles. The van der Waals surface area contributed by atoms with Crippen molar-refractivity contribution in [1.29, 1.82) is 5.26 Å². The molecule has 0 aliphatic carbocycles. The standard InChI is InChI=1S/C11H12N4O4S/c12-6-8-3-4-13-11(10(8)15(16)17)14-9-2-1-5-20(18,19)7-9/h3-4,9H,1-2,5,7H2,(H,13,14). The van der Waals surface area contributed by atoms with Gasteiger partial charge in [0.25, 0.3) is 0 Å². The van der Waals surface area contributed by atoms with Crippen molar-refractivity contribution in [2.75, 3.05) is 16.8 Å².